The highest BCUT2D eigenvalue weighted by Crippen LogP contribution is 2.35. The van der Waals surface area contributed by atoms with Gasteiger partial charge in [0.25, 0.3) is 0 Å². The molecule has 2 fully saturated rings. The van der Waals surface area contributed by atoms with E-state index in [0.29, 0.717) is 6.42 Å². The molecule has 2 saturated carbocycles. The van der Waals surface area contributed by atoms with Crippen molar-refractivity contribution in [3.8, 4) is 0 Å². The number of nitrogens with zero attached hydrogens (tertiary/aromatic N) is 1. The molecule has 0 radical (unpaired) electrons. The molecular formula is C22H33NO11. The Hall–Kier alpha value is -2.76. The number of nitro groups is 1. The minimum Gasteiger partial charge on any atom is -0.481 e. The third kappa shape index (κ3) is 7.37. The molecule has 0 aliphatic heterocycles. The van der Waals surface area contributed by atoms with Crippen molar-refractivity contribution in [3.63, 3.8) is 0 Å². The molecule has 0 saturated heterocycles. The van der Waals surface area contributed by atoms with Crippen LogP contribution in [0.4, 0.5) is 0 Å². The quantitative estimate of drug-likeness (QED) is 0.127. The van der Waals surface area contributed by atoms with E-state index in [0.717, 1.165) is 12.8 Å². The largest absolute Gasteiger partial charge is 0.481 e. The molecule has 0 aromatic rings. The summed E-state index contributed by atoms with van der Waals surface area (Å²) in [6.45, 7) is 1.94. The van der Waals surface area contributed by atoms with Crippen LogP contribution >= 0.6 is 0 Å². The fraction of sp³-hybridized carbons (Fsp3) is 0.818. The van der Waals surface area contributed by atoms with E-state index in [1.807, 2.05) is 6.92 Å². The maximum absolute atomic E-state index is 12.9. The zero-order valence-electron chi connectivity index (χ0n) is 19.2. The molecule has 2 aliphatic carbocycles. The van der Waals surface area contributed by atoms with Crippen molar-refractivity contribution in [2.24, 2.45) is 23.7 Å². The number of carbonyl (C=O) groups is 4. The number of hydrogen-bond donors (Lipinski definition) is 3. The monoisotopic (exact) mass is 487 g/mol. The molecule has 0 bridgehead atoms. The lowest BCUT2D eigenvalue weighted by atomic mass is 9.77. The number of aliphatic carboxylic acids is 2. The van der Waals surface area contributed by atoms with Gasteiger partial charge in [0.1, 0.15) is 0 Å². The molecule has 0 spiro atoms. The van der Waals surface area contributed by atoms with Gasteiger partial charge in [-0.1, -0.05) is 19.8 Å². The van der Waals surface area contributed by atoms with E-state index in [2.05, 4.69) is 0 Å². The van der Waals surface area contributed by atoms with Gasteiger partial charge in [-0.3, -0.25) is 29.3 Å². The summed E-state index contributed by atoms with van der Waals surface area (Å²) in [5.41, 5.74) is 0. The fourth-order valence-electron chi connectivity index (χ4n) is 4.74. The van der Waals surface area contributed by atoms with E-state index in [1.54, 1.807) is 0 Å². The standard InChI is InChI=1S/C22H33NO11/c1-2-3-4-5-18(33-21(29)15-9-7-13(24)11-16(15)20(27)28)34-22(30)17-10-12(23(31)32)6-8-14(17)19(25)26/h12-18,24H,2-11H2,1H3,(H,25,26)(H,27,28). The first-order valence-corrected chi connectivity index (χ1v) is 11.7. The normalized spacial score (nSPS) is 30.1. The molecule has 2 aliphatic rings. The Labute approximate surface area is 196 Å². The Morgan fingerprint density at radius 2 is 1.47 bits per heavy atom. The first kappa shape index (κ1) is 27.5. The Morgan fingerprint density at radius 1 is 0.882 bits per heavy atom. The van der Waals surface area contributed by atoms with Gasteiger partial charge in [-0.05, 0) is 32.1 Å². The second-order valence-electron chi connectivity index (χ2n) is 9.12. The summed E-state index contributed by atoms with van der Waals surface area (Å²) < 4.78 is 10.7. The number of aliphatic hydroxyl groups is 1. The molecule has 7 atom stereocenters. The average Bonchev–Trinajstić information content (AvgIpc) is 2.78. The van der Waals surface area contributed by atoms with E-state index in [9.17, 15) is 44.6 Å². The van der Waals surface area contributed by atoms with Gasteiger partial charge < -0.3 is 24.8 Å². The molecule has 3 N–H and O–H groups in total. The van der Waals surface area contributed by atoms with Crippen LogP contribution in [0.1, 0.15) is 71.1 Å². The van der Waals surface area contributed by atoms with Crippen molar-refractivity contribution in [2.75, 3.05) is 0 Å². The molecule has 12 heteroatoms. The lowest BCUT2D eigenvalue weighted by Gasteiger charge is -2.32. The molecule has 0 heterocycles. The number of aliphatic hydroxyl groups excluding tert-OH is 1. The first-order chi connectivity index (χ1) is 16.0. The predicted molar refractivity (Wildman–Crippen MR) is 114 cm³/mol. The number of carboxylic acids is 2. The van der Waals surface area contributed by atoms with Gasteiger partial charge in [0.15, 0.2) is 0 Å². The highest BCUT2D eigenvalue weighted by molar-refractivity contribution is 5.83. The molecule has 0 amide bonds. The van der Waals surface area contributed by atoms with Crippen LogP contribution in [-0.2, 0) is 28.7 Å². The third-order valence-corrected chi connectivity index (χ3v) is 6.72. The second-order valence-corrected chi connectivity index (χ2v) is 9.12. The highest BCUT2D eigenvalue weighted by Gasteiger charge is 2.46. The van der Waals surface area contributed by atoms with Crippen LogP contribution in [0.2, 0.25) is 0 Å². The SMILES string of the molecule is CCCCCC(OC(=O)C1CCC(O)CC1C(=O)O)OC(=O)C1CC([N+](=O)[O-])CCC1C(=O)O. The smallest absolute Gasteiger partial charge is 0.313 e. The van der Waals surface area contributed by atoms with Crippen LogP contribution < -0.4 is 0 Å². The third-order valence-electron chi connectivity index (χ3n) is 6.72. The maximum Gasteiger partial charge on any atom is 0.313 e. The van der Waals surface area contributed by atoms with Crippen molar-refractivity contribution in [1.29, 1.82) is 0 Å². The summed E-state index contributed by atoms with van der Waals surface area (Å²) in [5, 5.41) is 39.9. The minimum absolute atomic E-state index is 0.0345. The Kier molecular flexibility index (Phi) is 10.2. The van der Waals surface area contributed by atoms with Gasteiger partial charge in [-0.2, -0.15) is 0 Å². The second kappa shape index (κ2) is 12.6. The van der Waals surface area contributed by atoms with Gasteiger partial charge in [0, 0.05) is 24.2 Å². The number of esters is 2. The van der Waals surface area contributed by atoms with E-state index in [-0.39, 0.29) is 44.9 Å². The molecule has 0 aromatic carbocycles. The zero-order valence-corrected chi connectivity index (χ0v) is 19.2. The van der Waals surface area contributed by atoms with Crippen LogP contribution in [0.3, 0.4) is 0 Å². The molecule has 34 heavy (non-hydrogen) atoms. The van der Waals surface area contributed by atoms with Crippen LogP contribution in [0, 0.1) is 33.8 Å². The number of rotatable bonds is 11. The number of carboxylic acid groups (broad SMARTS) is 2. The van der Waals surface area contributed by atoms with Crippen molar-refractivity contribution in [2.45, 2.75) is 89.6 Å². The lowest BCUT2D eigenvalue weighted by molar-refractivity contribution is -0.528. The number of carbonyl (C=O) groups excluding carboxylic acids is 2. The summed E-state index contributed by atoms with van der Waals surface area (Å²) in [6, 6.07) is -1.07. The maximum atomic E-state index is 12.9. The topological polar surface area (TPSA) is 191 Å². The highest BCUT2D eigenvalue weighted by atomic mass is 16.7. The van der Waals surface area contributed by atoms with E-state index in [1.165, 1.54) is 0 Å². The fourth-order valence-corrected chi connectivity index (χ4v) is 4.74. The van der Waals surface area contributed by atoms with Crippen molar-refractivity contribution < 1.29 is 48.9 Å². The van der Waals surface area contributed by atoms with Gasteiger partial charge in [0.2, 0.25) is 12.3 Å². The predicted octanol–water partition coefficient (Wildman–Crippen LogP) is 1.99. The number of ether oxygens (including phenoxy) is 2. The van der Waals surface area contributed by atoms with Gasteiger partial charge in [-0.25, -0.2) is 0 Å². The van der Waals surface area contributed by atoms with Crippen LogP contribution in [-0.4, -0.2) is 62.6 Å². The lowest BCUT2D eigenvalue weighted by Crippen LogP contribution is -2.43. The van der Waals surface area contributed by atoms with E-state index < -0.39 is 70.9 Å². The number of unbranched alkanes of at least 4 members (excludes halogenated alkanes) is 2. The molecule has 192 valence electrons. The average molecular weight is 488 g/mol. The van der Waals surface area contributed by atoms with E-state index in [4.69, 9.17) is 9.47 Å². The van der Waals surface area contributed by atoms with E-state index >= 15 is 0 Å². The summed E-state index contributed by atoms with van der Waals surface area (Å²) in [4.78, 5) is 59.5. The molecule has 0 aromatic heterocycles. The Bertz CT molecular complexity index is 770. The summed E-state index contributed by atoms with van der Waals surface area (Å²) >= 11 is 0. The zero-order chi connectivity index (χ0) is 25.4. The Balaban J connectivity index is 2.13. The van der Waals surface area contributed by atoms with Crippen LogP contribution in [0.15, 0.2) is 0 Å². The minimum atomic E-state index is -1.36. The van der Waals surface area contributed by atoms with Gasteiger partial charge >= 0.3 is 23.9 Å². The van der Waals surface area contributed by atoms with Crippen LogP contribution in [0.5, 0.6) is 0 Å². The molecule has 2 rings (SSSR count). The summed E-state index contributed by atoms with van der Waals surface area (Å²) in [7, 11) is 0. The van der Waals surface area contributed by atoms with Gasteiger partial charge in [-0.15, -0.1) is 0 Å². The summed E-state index contributed by atoms with van der Waals surface area (Å²) in [6.07, 6.45) is -0.0584. The number of hydrogen-bond acceptors (Lipinski definition) is 9. The van der Waals surface area contributed by atoms with Crippen molar-refractivity contribution in [1.82, 2.24) is 0 Å². The molecule has 7 unspecified atom stereocenters. The van der Waals surface area contributed by atoms with Crippen LogP contribution in [0.25, 0.3) is 0 Å². The molecule has 12 nitrogen and oxygen atoms in total. The molecular weight excluding hydrogens is 454 g/mol. The first-order valence-electron chi connectivity index (χ1n) is 11.7. The summed E-state index contributed by atoms with van der Waals surface area (Å²) in [5.74, 6) is -8.91. The van der Waals surface area contributed by atoms with Crippen molar-refractivity contribution >= 4 is 23.9 Å². The van der Waals surface area contributed by atoms with Crippen molar-refractivity contribution in [3.05, 3.63) is 10.1 Å². The Morgan fingerprint density at radius 3 is 2.03 bits per heavy atom. The van der Waals surface area contributed by atoms with Gasteiger partial charge in [0.05, 0.1) is 29.8 Å².